The van der Waals surface area contributed by atoms with Crippen molar-refractivity contribution in [2.45, 2.75) is 19.8 Å². The van der Waals surface area contributed by atoms with Crippen LogP contribution in [0.2, 0.25) is 0 Å². The first-order valence-corrected chi connectivity index (χ1v) is 7.03. The van der Waals surface area contributed by atoms with E-state index in [1.807, 2.05) is 13.8 Å². The highest BCUT2D eigenvalue weighted by Gasteiger charge is 2.15. The Morgan fingerprint density at radius 1 is 1.35 bits per heavy atom. The van der Waals surface area contributed by atoms with Crippen LogP contribution in [0, 0.1) is 0 Å². The number of aliphatic carboxylic acids is 1. The summed E-state index contributed by atoms with van der Waals surface area (Å²) < 4.78 is 5.08. The lowest BCUT2D eigenvalue weighted by molar-refractivity contribution is -0.139. The lowest BCUT2D eigenvalue weighted by atomic mass is 10.0. The second-order valence-electron chi connectivity index (χ2n) is 5.14. The van der Waals surface area contributed by atoms with Crippen LogP contribution in [-0.2, 0) is 4.79 Å². The van der Waals surface area contributed by atoms with Gasteiger partial charge in [-0.2, -0.15) is 0 Å². The first-order chi connectivity index (χ1) is 11.0. The van der Waals surface area contributed by atoms with Crippen LogP contribution in [0.4, 0.5) is 5.69 Å². The number of hydrogen-bond acceptors (Lipinski definition) is 5. The predicted octanol–water partition coefficient (Wildman–Crippen LogP) is 2.32. The largest absolute Gasteiger partial charge is 0.482 e. The number of carboxylic acids is 1. The Balaban J connectivity index is 2.14. The molecule has 1 aromatic carbocycles. The zero-order chi connectivity index (χ0) is 16.8. The van der Waals surface area contributed by atoms with Crippen molar-refractivity contribution in [1.29, 1.82) is 0 Å². The van der Waals surface area contributed by atoms with Crippen molar-refractivity contribution in [3.05, 3.63) is 48.0 Å². The van der Waals surface area contributed by atoms with E-state index in [0.717, 1.165) is 0 Å². The molecule has 7 nitrogen and oxygen atoms in total. The van der Waals surface area contributed by atoms with Crippen molar-refractivity contribution in [1.82, 2.24) is 9.97 Å². The number of nitrogens with one attached hydrogen (secondary N) is 1. The van der Waals surface area contributed by atoms with Gasteiger partial charge in [-0.3, -0.25) is 4.79 Å². The third kappa shape index (κ3) is 4.50. The number of anilines is 1. The van der Waals surface area contributed by atoms with E-state index >= 15 is 0 Å². The maximum absolute atomic E-state index is 12.4. The molecule has 1 heterocycles. The number of carbonyl (C=O) groups excluding carboxylic acids is 1. The van der Waals surface area contributed by atoms with Gasteiger partial charge in [-0.1, -0.05) is 19.9 Å². The number of carbonyl (C=O) groups is 2. The van der Waals surface area contributed by atoms with E-state index in [4.69, 9.17) is 9.84 Å². The number of ether oxygens (including phenoxy) is 1. The molecule has 0 bridgehead atoms. The highest BCUT2D eigenvalue weighted by atomic mass is 16.5. The second kappa shape index (κ2) is 7.35. The molecule has 2 N–H and O–H groups in total. The standard InChI is InChI=1S/C16H17N3O4/c1-10(2)15-13(7-17-9-18-15)16(22)19-11-4-3-5-12(6-11)23-8-14(20)21/h3-7,9-10H,8H2,1-2H3,(H,19,22)(H,20,21). The topological polar surface area (TPSA) is 101 Å². The number of amides is 1. The van der Waals surface area contributed by atoms with Crippen molar-refractivity contribution in [2.24, 2.45) is 0 Å². The number of rotatable bonds is 6. The number of nitrogens with zero attached hydrogens (tertiary/aromatic N) is 2. The number of benzene rings is 1. The summed E-state index contributed by atoms with van der Waals surface area (Å²) in [7, 11) is 0. The van der Waals surface area contributed by atoms with E-state index in [1.165, 1.54) is 12.5 Å². The van der Waals surface area contributed by atoms with Gasteiger partial charge in [0.05, 0.1) is 11.3 Å². The maximum atomic E-state index is 12.4. The first-order valence-electron chi connectivity index (χ1n) is 7.03. The van der Waals surface area contributed by atoms with Crippen LogP contribution in [0.5, 0.6) is 5.75 Å². The quantitative estimate of drug-likeness (QED) is 0.848. The van der Waals surface area contributed by atoms with Crippen molar-refractivity contribution in [3.63, 3.8) is 0 Å². The van der Waals surface area contributed by atoms with E-state index in [0.29, 0.717) is 22.7 Å². The molecule has 1 amide bonds. The van der Waals surface area contributed by atoms with Crippen LogP contribution in [0.25, 0.3) is 0 Å². The summed E-state index contributed by atoms with van der Waals surface area (Å²) in [6.07, 6.45) is 2.88. The molecule has 7 heteroatoms. The molecular formula is C16H17N3O4. The molecule has 2 rings (SSSR count). The fraction of sp³-hybridized carbons (Fsp3) is 0.250. The molecule has 0 radical (unpaired) electrons. The molecule has 0 saturated carbocycles. The van der Waals surface area contributed by atoms with Gasteiger partial charge < -0.3 is 15.2 Å². The molecule has 0 aliphatic heterocycles. The Hall–Kier alpha value is -2.96. The summed E-state index contributed by atoms with van der Waals surface area (Å²) in [6.45, 7) is 3.44. The number of carboxylic acid groups (broad SMARTS) is 1. The van der Waals surface area contributed by atoms with Crippen LogP contribution in [0.1, 0.15) is 35.8 Å². The molecule has 0 aliphatic carbocycles. The molecule has 0 spiro atoms. The van der Waals surface area contributed by atoms with Gasteiger partial charge in [0.15, 0.2) is 6.61 Å². The molecule has 0 unspecified atom stereocenters. The third-order valence-corrected chi connectivity index (χ3v) is 2.99. The summed E-state index contributed by atoms with van der Waals surface area (Å²) in [5.41, 5.74) is 1.56. The smallest absolute Gasteiger partial charge is 0.341 e. The Labute approximate surface area is 133 Å². The van der Waals surface area contributed by atoms with Gasteiger partial charge in [0.25, 0.3) is 5.91 Å². The molecule has 0 fully saturated rings. The summed E-state index contributed by atoms with van der Waals surface area (Å²) in [4.78, 5) is 30.9. The van der Waals surface area contributed by atoms with Gasteiger partial charge in [0, 0.05) is 18.0 Å². The molecule has 0 saturated heterocycles. The minimum absolute atomic E-state index is 0.0870. The van der Waals surface area contributed by atoms with Crippen molar-refractivity contribution < 1.29 is 19.4 Å². The molecule has 120 valence electrons. The number of aromatic nitrogens is 2. The van der Waals surface area contributed by atoms with Crippen molar-refractivity contribution in [2.75, 3.05) is 11.9 Å². The average Bonchev–Trinajstić information content (AvgIpc) is 2.53. The van der Waals surface area contributed by atoms with Gasteiger partial charge in [-0.25, -0.2) is 14.8 Å². The van der Waals surface area contributed by atoms with Crippen LogP contribution in [-0.4, -0.2) is 33.6 Å². The molecule has 2 aromatic rings. The maximum Gasteiger partial charge on any atom is 0.341 e. The van der Waals surface area contributed by atoms with Crippen LogP contribution in [0.15, 0.2) is 36.8 Å². The predicted molar refractivity (Wildman–Crippen MR) is 83.6 cm³/mol. The van der Waals surface area contributed by atoms with Crippen LogP contribution >= 0.6 is 0 Å². The SMILES string of the molecule is CC(C)c1ncncc1C(=O)Nc1cccc(OCC(=O)O)c1. The lowest BCUT2D eigenvalue weighted by Crippen LogP contribution is -2.16. The van der Waals surface area contributed by atoms with E-state index in [1.54, 1.807) is 24.3 Å². The van der Waals surface area contributed by atoms with Crippen LogP contribution in [0.3, 0.4) is 0 Å². The fourth-order valence-electron chi connectivity index (χ4n) is 1.98. The van der Waals surface area contributed by atoms with E-state index in [-0.39, 0.29) is 11.8 Å². The molecular weight excluding hydrogens is 298 g/mol. The van der Waals surface area contributed by atoms with E-state index in [2.05, 4.69) is 15.3 Å². The van der Waals surface area contributed by atoms with Gasteiger partial charge in [-0.05, 0) is 18.1 Å². The third-order valence-electron chi connectivity index (χ3n) is 2.99. The Kier molecular flexibility index (Phi) is 5.24. The summed E-state index contributed by atoms with van der Waals surface area (Å²) >= 11 is 0. The first kappa shape index (κ1) is 16.4. The highest BCUT2D eigenvalue weighted by Crippen LogP contribution is 2.20. The van der Waals surface area contributed by atoms with Crippen LogP contribution < -0.4 is 10.1 Å². The van der Waals surface area contributed by atoms with Crippen molar-refractivity contribution in [3.8, 4) is 5.75 Å². The van der Waals surface area contributed by atoms with Gasteiger partial charge >= 0.3 is 5.97 Å². The van der Waals surface area contributed by atoms with Gasteiger partial charge in [0.1, 0.15) is 12.1 Å². The Bertz CT molecular complexity index is 716. The van der Waals surface area contributed by atoms with Crippen molar-refractivity contribution >= 4 is 17.6 Å². The monoisotopic (exact) mass is 315 g/mol. The molecule has 0 atom stereocenters. The second-order valence-corrected chi connectivity index (χ2v) is 5.14. The average molecular weight is 315 g/mol. The summed E-state index contributed by atoms with van der Waals surface area (Å²) in [6, 6.07) is 6.52. The summed E-state index contributed by atoms with van der Waals surface area (Å²) in [5.74, 6) is -0.949. The van der Waals surface area contributed by atoms with E-state index in [9.17, 15) is 9.59 Å². The zero-order valence-electron chi connectivity index (χ0n) is 12.8. The molecule has 23 heavy (non-hydrogen) atoms. The minimum Gasteiger partial charge on any atom is -0.482 e. The highest BCUT2D eigenvalue weighted by molar-refractivity contribution is 6.05. The fourth-order valence-corrected chi connectivity index (χ4v) is 1.98. The van der Waals surface area contributed by atoms with E-state index < -0.39 is 12.6 Å². The minimum atomic E-state index is -1.07. The summed E-state index contributed by atoms with van der Waals surface area (Å²) in [5, 5.41) is 11.3. The number of hydrogen-bond donors (Lipinski definition) is 2. The van der Waals surface area contributed by atoms with Gasteiger partial charge in [-0.15, -0.1) is 0 Å². The zero-order valence-corrected chi connectivity index (χ0v) is 12.8. The lowest BCUT2D eigenvalue weighted by Gasteiger charge is -2.11. The Morgan fingerprint density at radius 3 is 2.83 bits per heavy atom. The Morgan fingerprint density at radius 2 is 2.13 bits per heavy atom. The van der Waals surface area contributed by atoms with Gasteiger partial charge in [0.2, 0.25) is 0 Å². The molecule has 1 aromatic heterocycles. The molecule has 0 aliphatic rings. The normalized spacial score (nSPS) is 10.4.